The molecule has 3 N–H and O–H groups in total. The first-order valence-electron chi connectivity index (χ1n) is 7.12. The van der Waals surface area contributed by atoms with Gasteiger partial charge < -0.3 is 15.7 Å². The minimum absolute atomic E-state index is 0.186. The zero-order valence-corrected chi connectivity index (χ0v) is 12.9. The average Bonchev–Trinajstić information content (AvgIpc) is 2.37. The van der Waals surface area contributed by atoms with Crippen molar-refractivity contribution < 1.29 is 14.7 Å². The Hall–Kier alpha value is -2.04. The first kappa shape index (κ1) is 17.0. The summed E-state index contributed by atoms with van der Waals surface area (Å²) in [6.07, 6.45) is 1.52. The van der Waals surface area contributed by atoms with Crippen molar-refractivity contribution in [1.82, 2.24) is 10.6 Å². The van der Waals surface area contributed by atoms with Gasteiger partial charge in [0.15, 0.2) is 0 Å². The zero-order chi connectivity index (χ0) is 15.9. The molecule has 0 aliphatic heterocycles. The maximum absolute atomic E-state index is 11.6. The van der Waals surface area contributed by atoms with Crippen LogP contribution in [-0.4, -0.2) is 30.2 Å². The van der Waals surface area contributed by atoms with E-state index in [-0.39, 0.29) is 17.0 Å². The Bertz CT molecular complexity index is 493. The van der Waals surface area contributed by atoms with Crippen molar-refractivity contribution >= 4 is 12.0 Å². The number of carboxylic acid groups (broad SMARTS) is 1. The van der Waals surface area contributed by atoms with Crippen LogP contribution in [0, 0.1) is 5.41 Å². The molecule has 0 bridgehead atoms. The monoisotopic (exact) mass is 292 g/mol. The summed E-state index contributed by atoms with van der Waals surface area (Å²) in [5, 5.41) is 14.5. The Morgan fingerprint density at radius 3 is 2.43 bits per heavy atom. The van der Waals surface area contributed by atoms with Gasteiger partial charge in [0.25, 0.3) is 0 Å². The summed E-state index contributed by atoms with van der Waals surface area (Å²) in [6.45, 7) is 7.50. The lowest BCUT2D eigenvalue weighted by Crippen LogP contribution is -2.38. The van der Waals surface area contributed by atoms with Crippen molar-refractivity contribution in [3.05, 3.63) is 35.4 Å². The third kappa shape index (κ3) is 7.34. The predicted molar refractivity (Wildman–Crippen MR) is 82.6 cm³/mol. The molecule has 0 atom stereocenters. The van der Waals surface area contributed by atoms with Crippen LogP contribution in [0.2, 0.25) is 0 Å². The van der Waals surface area contributed by atoms with Gasteiger partial charge in [0.1, 0.15) is 0 Å². The van der Waals surface area contributed by atoms with Crippen molar-refractivity contribution in [3.8, 4) is 0 Å². The molecular weight excluding hydrogens is 268 g/mol. The van der Waals surface area contributed by atoms with Crippen LogP contribution in [0.25, 0.3) is 0 Å². The molecule has 1 aromatic carbocycles. The van der Waals surface area contributed by atoms with Crippen LogP contribution >= 0.6 is 0 Å². The van der Waals surface area contributed by atoms with Gasteiger partial charge >= 0.3 is 12.0 Å². The number of amides is 2. The second-order valence-corrected chi connectivity index (χ2v) is 6.25. The fourth-order valence-electron chi connectivity index (χ4n) is 1.79. The lowest BCUT2D eigenvalue weighted by molar-refractivity contribution is 0.0696. The van der Waals surface area contributed by atoms with Crippen LogP contribution in [0.5, 0.6) is 0 Å². The summed E-state index contributed by atoms with van der Waals surface area (Å²) in [5.41, 5.74) is 1.36. The molecule has 0 heterocycles. The summed E-state index contributed by atoms with van der Waals surface area (Å²) >= 11 is 0. The Kier molecular flexibility index (Phi) is 6.21. The van der Waals surface area contributed by atoms with Crippen LogP contribution in [0.4, 0.5) is 4.79 Å². The molecule has 0 saturated heterocycles. The number of urea groups is 1. The van der Waals surface area contributed by atoms with Gasteiger partial charge in [-0.3, -0.25) is 0 Å². The van der Waals surface area contributed by atoms with Crippen molar-refractivity contribution in [2.75, 3.05) is 13.1 Å². The average molecular weight is 292 g/mol. The third-order valence-corrected chi connectivity index (χ3v) is 3.03. The quantitative estimate of drug-likeness (QED) is 0.754. The SMILES string of the molecule is CC(C)(C)CCNC(=O)NCCc1cccc(C(=O)O)c1. The van der Waals surface area contributed by atoms with E-state index in [4.69, 9.17) is 5.11 Å². The maximum Gasteiger partial charge on any atom is 0.335 e. The summed E-state index contributed by atoms with van der Waals surface area (Å²) in [7, 11) is 0. The molecule has 1 aromatic rings. The second kappa shape index (κ2) is 7.67. The molecule has 0 radical (unpaired) electrons. The van der Waals surface area contributed by atoms with Gasteiger partial charge in [-0.2, -0.15) is 0 Å². The first-order valence-corrected chi connectivity index (χ1v) is 7.12. The number of rotatable bonds is 6. The number of carbonyl (C=O) groups excluding carboxylic acids is 1. The third-order valence-electron chi connectivity index (χ3n) is 3.03. The summed E-state index contributed by atoms with van der Waals surface area (Å²) in [6, 6.07) is 6.56. The topological polar surface area (TPSA) is 78.4 Å². The lowest BCUT2D eigenvalue weighted by Gasteiger charge is -2.18. The molecule has 0 unspecified atom stereocenters. The highest BCUT2D eigenvalue weighted by Gasteiger charge is 2.10. The molecule has 0 fully saturated rings. The van der Waals surface area contributed by atoms with Crippen LogP contribution in [0.3, 0.4) is 0 Å². The molecule has 5 heteroatoms. The number of carboxylic acids is 1. The molecule has 0 saturated carbocycles. The number of nitrogens with one attached hydrogen (secondary N) is 2. The zero-order valence-electron chi connectivity index (χ0n) is 12.9. The predicted octanol–water partition coefficient (Wildman–Crippen LogP) is 2.66. The smallest absolute Gasteiger partial charge is 0.335 e. The van der Waals surface area contributed by atoms with Gasteiger partial charge in [0.05, 0.1) is 5.56 Å². The minimum Gasteiger partial charge on any atom is -0.478 e. The van der Waals surface area contributed by atoms with Gasteiger partial charge in [-0.25, -0.2) is 9.59 Å². The molecule has 0 aromatic heterocycles. The molecule has 1 rings (SSSR count). The van der Waals surface area contributed by atoms with Gasteiger partial charge in [0.2, 0.25) is 0 Å². The van der Waals surface area contributed by atoms with E-state index in [1.807, 2.05) is 6.07 Å². The van der Waals surface area contributed by atoms with E-state index in [0.29, 0.717) is 19.5 Å². The summed E-state index contributed by atoms with van der Waals surface area (Å²) in [5.74, 6) is -0.940. The fourth-order valence-corrected chi connectivity index (χ4v) is 1.79. The van der Waals surface area contributed by atoms with Gasteiger partial charge in [-0.1, -0.05) is 32.9 Å². The summed E-state index contributed by atoms with van der Waals surface area (Å²) < 4.78 is 0. The van der Waals surface area contributed by atoms with Crippen molar-refractivity contribution in [3.63, 3.8) is 0 Å². The molecule has 116 valence electrons. The van der Waals surface area contributed by atoms with Gasteiger partial charge in [-0.05, 0) is 36.0 Å². The van der Waals surface area contributed by atoms with E-state index >= 15 is 0 Å². The minimum atomic E-state index is -0.940. The highest BCUT2D eigenvalue weighted by atomic mass is 16.4. The van der Waals surface area contributed by atoms with Crippen LogP contribution in [-0.2, 0) is 6.42 Å². The van der Waals surface area contributed by atoms with Crippen molar-refractivity contribution in [2.24, 2.45) is 5.41 Å². The standard InChI is InChI=1S/C16H24N2O3/c1-16(2,3)8-10-18-15(21)17-9-7-12-5-4-6-13(11-12)14(19)20/h4-6,11H,7-10H2,1-3H3,(H,19,20)(H2,17,18,21). The molecule has 5 nitrogen and oxygen atoms in total. The van der Waals surface area contributed by atoms with E-state index in [2.05, 4.69) is 31.4 Å². The molecule has 2 amide bonds. The molecular formula is C16H24N2O3. The van der Waals surface area contributed by atoms with Crippen LogP contribution < -0.4 is 10.6 Å². The van der Waals surface area contributed by atoms with E-state index in [0.717, 1.165) is 12.0 Å². The Morgan fingerprint density at radius 1 is 1.14 bits per heavy atom. The number of hydrogen-bond acceptors (Lipinski definition) is 2. The van der Waals surface area contributed by atoms with E-state index < -0.39 is 5.97 Å². The number of hydrogen-bond donors (Lipinski definition) is 3. The molecule has 21 heavy (non-hydrogen) atoms. The van der Waals surface area contributed by atoms with E-state index in [1.165, 1.54) is 0 Å². The van der Waals surface area contributed by atoms with Crippen LogP contribution in [0.15, 0.2) is 24.3 Å². The number of benzene rings is 1. The van der Waals surface area contributed by atoms with Gasteiger partial charge in [0, 0.05) is 13.1 Å². The van der Waals surface area contributed by atoms with E-state index in [9.17, 15) is 9.59 Å². The van der Waals surface area contributed by atoms with E-state index in [1.54, 1.807) is 18.2 Å². The van der Waals surface area contributed by atoms with Crippen molar-refractivity contribution in [2.45, 2.75) is 33.6 Å². The largest absolute Gasteiger partial charge is 0.478 e. The second-order valence-electron chi connectivity index (χ2n) is 6.25. The van der Waals surface area contributed by atoms with Gasteiger partial charge in [-0.15, -0.1) is 0 Å². The first-order chi connectivity index (χ1) is 9.78. The highest BCUT2D eigenvalue weighted by Crippen LogP contribution is 2.16. The molecule has 0 aliphatic rings. The van der Waals surface area contributed by atoms with Crippen molar-refractivity contribution in [1.29, 1.82) is 0 Å². The highest BCUT2D eigenvalue weighted by molar-refractivity contribution is 5.87. The normalized spacial score (nSPS) is 11.0. The Balaban J connectivity index is 2.28. The fraction of sp³-hybridized carbons (Fsp3) is 0.500. The van der Waals surface area contributed by atoms with Crippen LogP contribution in [0.1, 0.15) is 43.1 Å². The maximum atomic E-state index is 11.6. The number of carbonyl (C=O) groups is 2. The molecule has 0 spiro atoms. The lowest BCUT2D eigenvalue weighted by atomic mass is 9.92. The Labute approximate surface area is 125 Å². The molecule has 0 aliphatic carbocycles. The summed E-state index contributed by atoms with van der Waals surface area (Å²) in [4.78, 5) is 22.4. The number of aromatic carboxylic acids is 1. The Morgan fingerprint density at radius 2 is 1.81 bits per heavy atom.